The van der Waals surface area contributed by atoms with Gasteiger partial charge in [0.15, 0.2) is 5.65 Å². The molecule has 1 aliphatic heterocycles. The number of fused-ring (bicyclic) bond motifs is 1. The van der Waals surface area contributed by atoms with Crippen LogP contribution in [0.5, 0.6) is 0 Å². The average Bonchev–Trinajstić information content (AvgIpc) is 3.44. The summed E-state index contributed by atoms with van der Waals surface area (Å²) in [6.07, 6.45) is 11.0. The monoisotopic (exact) mass is 441 g/mol. The topological polar surface area (TPSA) is 122 Å². The fraction of sp³-hybridized carbons (Fsp3) is 0.545. The zero-order valence-electron chi connectivity index (χ0n) is 18.8. The predicted molar refractivity (Wildman–Crippen MR) is 121 cm³/mol. The molecule has 0 saturated heterocycles. The molecule has 2 aliphatic rings. The summed E-state index contributed by atoms with van der Waals surface area (Å²) in [5.74, 6) is -0.704. The Balaban J connectivity index is 1.78. The van der Waals surface area contributed by atoms with E-state index in [-0.39, 0.29) is 12.3 Å². The fourth-order valence-electron chi connectivity index (χ4n) is 4.46. The number of aromatic nitrogens is 3. The number of hydrogen-bond acceptors (Lipinski definition) is 7. The minimum absolute atomic E-state index is 0.144. The fourth-order valence-corrected chi connectivity index (χ4v) is 4.46. The maximum Gasteiger partial charge on any atom is 0.259 e. The molecular formula is C22H31N7O3. The first-order valence-corrected chi connectivity index (χ1v) is 11.2. The number of hydroxylamine groups is 1. The van der Waals surface area contributed by atoms with E-state index in [9.17, 15) is 9.59 Å². The van der Waals surface area contributed by atoms with Gasteiger partial charge in [0.2, 0.25) is 11.5 Å². The van der Waals surface area contributed by atoms with Gasteiger partial charge in [0.1, 0.15) is 0 Å². The molecule has 10 nitrogen and oxygen atoms in total. The Hall–Kier alpha value is -3.14. The maximum atomic E-state index is 12.7. The van der Waals surface area contributed by atoms with E-state index in [1.54, 1.807) is 12.3 Å². The number of pyridine rings is 1. The van der Waals surface area contributed by atoms with Gasteiger partial charge in [0.05, 0.1) is 29.4 Å². The molecule has 1 atom stereocenters. The Bertz CT molecular complexity index is 1040. The van der Waals surface area contributed by atoms with E-state index in [1.165, 1.54) is 33.4 Å². The lowest BCUT2D eigenvalue weighted by atomic mass is 9.94. The molecule has 0 unspecified atom stereocenters. The van der Waals surface area contributed by atoms with Crippen molar-refractivity contribution in [2.24, 2.45) is 0 Å². The van der Waals surface area contributed by atoms with E-state index in [0.29, 0.717) is 18.3 Å². The van der Waals surface area contributed by atoms with Crippen LogP contribution < -0.4 is 21.4 Å². The molecule has 2 amide bonds. The number of likely N-dealkylation sites (N-methyl/N-ethyl adjacent to an activating group) is 1. The molecule has 0 spiro atoms. The van der Waals surface area contributed by atoms with Gasteiger partial charge in [-0.2, -0.15) is 5.10 Å². The van der Waals surface area contributed by atoms with E-state index in [0.717, 1.165) is 35.1 Å². The third-order valence-electron chi connectivity index (χ3n) is 6.24. The van der Waals surface area contributed by atoms with Crippen LogP contribution in [-0.4, -0.2) is 52.3 Å². The average molecular weight is 442 g/mol. The van der Waals surface area contributed by atoms with Crippen molar-refractivity contribution >= 4 is 34.2 Å². The van der Waals surface area contributed by atoms with Crippen molar-refractivity contribution in [3.05, 3.63) is 24.0 Å². The Kier molecular flexibility index (Phi) is 6.31. The van der Waals surface area contributed by atoms with Crippen LogP contribution in [0.2, 0.25) is 0 Å². The quantitative estimate of drug-likeness (QED) is 0.516. The van der Waals surface area contributed by atoms with Crippen LogP contribution in [0, 0.1) is 0 Å². The maximum absolute atomic E-state index is 12.7. The molecule has 4 N–H and O–H groups in total. The van der Waals surface area contributed by atoms with Crippen LogP contribution >= 0.6 is 0 Å². The van der Waals surface area contributed by atoms with Crippen molar-refractivity contribution < 1.29 is 14.4 Å². The van der Waals surface area contributed by atoms with Gasteiger partial charge in [-0.15, -0.1) is 0 Å². The molecule has 0 bridgehead atoms. The first kappa shape index (κ1) is 22.1. The molecule has 2 aromatic rings. The summed E-state index contributed by atoms with van der Waals surface area (Å²) < 4.78 is 1.86. The van der Waals surface area contributed by atoms with Crippen molar-refractivity contribution in [1.29, 1.82) is 0 Å². The van der Waals surface area contributed by atoms with E-state index in [2.05, 4.69) is 31.5 Å². The van der Waals surface area contributed by atoms with Gasteiger partial charge < -0.3 is 16.0 Å². The normalized spacial score (nSPS) is 21.2. The molecule has 1 fully saturated rings. The Morgan fingerprint density at radius 2 is 2.00 bits per heavy atom. The van der Waals surface area contributed by atoms with Gasteiger partial charge >= 0.3 is 0 Å². The second-order valence-electron chi connectivity index (χ2n) is 8.30. The highest BCUT2D eigenvalue weighted by molar-refractivity contribution is 5.99. The molecule has 172 valence electrons. The lowest BCUT2D eigenvalue weighted by Crippen LogP contribution is -2.48. The lowest BCUT2D eigenvalue weighted by Gasteiger charge is -2.25. The molecule has 10 heteroatoms. The van der Waals surface area contributed by atoms with Gasteiger partial charge in [0, 0.05) is 38.4 Å². The third-order valence-corrected chi connectivity index (χ3v) is 6.24. The summed E-state index contributed by atoms with van der Waals surface area (Å²) in [7, 11) is 3.05. The minimum atomic E-state index is -1.45. The summed E-state index contributed by atoms with van der Waals surface area (Å²) in [6, 6.07) is 0.357. The van der Waals surface area contributed by atoms with Crippen molar-refractivity contribution in [2.45, 2.75) is 63.6 Å². The molecule has 1 saturated carbocycles. The standard InChI is InChI=1S/C22H31N7O3/c1-4-29-20-16(13-26-29)19(27-14-8-6-5-7-9-14)15(12-25-20)17-10-22(32-28-17,21(31)24-3)11-18(30)23-2/h10,12-14,28H,4-9,11H2,1-3H3,(H,23,30)(H,24,31)(H,25,27)/t22-/m1/s1. The van der Waals surface area contributed by atoms with Gasteiger partial charge in [-0.25, -0.2) is 9.67 Å². The lowest BCUT2D eigenvalue weighted by molar-refractivity contribution is -0.148. The van der Waals surface area contributed by atoms with Crippen molar-refractivity contribution in [3.8, 4) is 0 Å². The number of nitrogens with zero attached hydrogens (tertiary/aromatic N) is 3. The van der Waals surface area contributed by atoms with Gasteiger partial charge in [0.25, 0.3) is 5.91 Å². The summed E-state index contributed by atoms with van der Waals surface area (Å²) >= 11 is 0. The molecule has 4 rings (SSSR count). The highest BCUT2D eigenvalue weighted by Crippen LogP contribution is 2.36. The zero-order chi connectivity index (χ0) is 22.7. The van der Waals surface area contributed by atoms with E-state index in [4.69, 9.17) is 4.84 Å². The largest absolute Gasteiger partial charge is 0.381 e. The predicted octanol–water partition coefficient (Wildman–Crippen LogP) is 1.69. The summed E-state index contributed by atoms with van der Waals surface area (Å²) in [4.78, 5) is 35.2. The highest BCUT2D eigenvalue weighted by atomic mass is 16.7. The Labute approximate surface area is 187 Å². The van der Waals surface area contributed by atoms with Gasteiger partial charge in [-0.1, -0.05) is 19.3 Å². The number of carbonyl (C=O) groups excluding carboxylic acids is 2. The highest BCUT2D eigenvalue weighted by Gasteiger charge is 2.45. The van der Waals surface area contributed by atoms with Crippen LogP contribution in [0.4, 0.5) is 5.69 Å². The van der Waals surface area contributed by atoms with E-state index in [1.807, 2.05) is 17.8 Å². The van der Waals surface area contributed by atoms with Crippen LogP contribution in [0.1, 0.15) is 51.0 Å². The molecule has 2 aromatic heterocycles. The van der Waals surface area contributed by atoms with Crippen LogP contribution in [0.15, 0.2) is 18.5 Å². The Morgan fingerprint density at radius 1 is 1.22 bits per heavy atom. The zero-order valence-corrected chi connectivity index (χ0v) is 18.8. The minimum Gasteiger partial charge on any atom is -0.381 e. The molecular weight excluding hydrogens is 410 g/mol. The van der Waals surface area contributed by atoms with Crippen molar-refractivity contribution in [2.75, 3.05) is 19.4 Å². The van der Waals surface area contributed by atoms with Crippen molar-refractivity contribution in [1.82, 2.24) is 30.9 Å². The molecule has 0 radical (unpaired) electrons. The third kappa shape index (κ3) is 4.02. The number of rotatable bonds is 7. The molecule has 32 heavy (non-hydrogen) atoms. The van der Waals surface area contributed by atoms with Crippen molar-refractivity contribution in [3.63, 3.8) is 0 Å². The summed E-state index contributed by atoms with van der Waals surface area (Å²) in [6.45, 7) is 2.75. The SMILES string of the molecule is CCn1ncc2c(NC3CCCCC3)c(C3=C[C@@](CC(=O)NC)(C(=O)NC)ON3)cnc21. The number of anilines is 1. The van der Waals surface area contributed by atoms with Gasteiger partial charge in [-0.05, 0) is 25.8 Å². The van der Waals surface area contributed by atoms with Crippen LogP contribution in [0.25, 0.3) is 16.7 Å². The smallest absolute Gasteiger partial charge is 0.259 e. The van der Waals surface area contributed by atoms with E-state index < -0.39 is 11.5 Å². The van der Waals surface area contributed by atoms with E-state index >= 15 is 0 Å². The van der Waals surface area contributed by atoms with Gasteiger partial charge in [-0.3, -0.25) is 19.9 Å². The molecule has 1 aliphatic carbocycles. The summed E-state index contributed by atoms with van der Waals surface area (Å²) in [5.41, 5.74) is 4.52. The second-order valence-corrected chi connectivity index (χ2v) is 8.30. The first-order valence-electron chi connectivity index (χ1n) is 11.2. The first-order chi connectivity index (χ1) is 15.5. The molecule has 3 heterocycles. The number of aryl methyl sites for hydroxylation is 1. The van der Waals surface area contributed by atoms with Crippen LogP contribution in [-0.2, 0) is 21.0 Å². The molecule has 0 aromatic carbocycles. The second kappa shape index (κ2) is 9.15. The number of nitrogens with one attached hydrogen (secondary N) is 4. The number of amides is 2. The Morgan fingerprint density at radius 3 is 2.69 bits per heavy atom. The number of hydrogen-bond donors (Lipinski definition) is 4. The number of carbonyl (C=O) groups is 2. The van der Waals surface area contributed by atoms with Crippen LogP contribution in [0.3, 0.4) is 0 Å². The summed E-state index contributed by atoms with van der Waals surface area (Å²) in [5, 5.41) is 14.3.